The maximum absolute atomic E-state index is 12.3. The van der Waals surface area contributed by atoms with Crippen LogP contribution >= 0.6 is 0 Å². The third-order valence-electron chi connectivity index (χ3n) is 4.82. The van der Waals surface area contributed by atoms with Crippen LogP contribution in [0.4, 0.5) is 4.79 Å². The molecule has 1 heterocycles. The van der Waals surface area contributed by atoms with Crippen LogP contribution in [0.15, 0.2) is 60.7 Å². The standard InChI is InChI=1S/C21H26N2O3/c1-17-14-23(21(25)26-16-18-8-4-2-5-9-18)13-12-22(17)15-20(24)19-10-6-3-7-11-19/h2-11,17,20,24H,12-16H2,1H3. The van der Waals surface area contributed by atoms with Crippen molar-refractivity contribution in [2.45, 2.75) is 25.7 Å². The molecular formula is C21H26N2O3. The van der Waals surface area contributed by atoms with E-state index in [0.717, 1.165) is 17.7 Å². The van der Waals surface area contributed by atoms with E-state index in [9.17, 15) is 9.90 Å². The van der Waals surface area contributed by atoms with Gasteiger partial charge >= 0.3 is 6.09 Å². The summed E-state index contributed by atoms with van der Waals surface area (Å²) in [5.41, 5.74) is 1.91. The summed E-state index contributed by atoms with van der Waals surface area (Å²) in [7, 11) is 0. The zero-order valence-corrected chi connectivity index (χ0v) is 15.1. The smallest absolute Gasteiger partial charge is 0.410 e. The van der Waals surface area contributed by atoms with Gasteiger partial charge in [-0.05, 0) is 18.1 Å². The molecular weight excluding hydrogens is 328 g/mol. The van der Waals surface area contributed by atoms with Gasteiger partial charge in [0.15, 0.2) is 0 Å². The molecule has 0 saturated carbocycles. The molecule has 3 rings (SSSR count). The first-order chi connectivity index (χ1) is 12.6. The summed E-state index contributed by atoms with van der Waals surface area (Å²) in [4.78, 5) is 16.3. The molecule has 2 aromatic carbocycles. The van der Waals surface area contributed by atoms with Crippen LogP contribution in [0.5, 0.6) is 0 Å². The second-order valence-corrected chi connectivity index (χ2v) is 6.76. The number of piperazine rings is 1. The van der Waals surface area contributed by atoms with Gasteiger partial charge in [-0.2, -0.15) is 0 Å². The molecule has 5 heteroatoms. The summed E-state index contributed by atoms with van der Waals surface area (Å²) in [6, 6.07) is 19.5. The summed E-state index contributed by atoms with van der Waals surface area (Å²) < 4.78 is 5.42. The Labute approximate surface area is 154 Å². The van der Waals surface area contributed by atoms with Crippen LogP contribution in [-0.4, -0.2) is 53.2 Å². The Hall–Kier alpha value is -2.37. The molecule has 2 atom stereocenters. The van der Waals surface area contributed by atoms with E-state index in [2.05, 4.69) is 11.8 Å². The second-order valence-electron chi connectivity index (χ2n) is 6.76. The molecule has 0 aliphatic carbocycles. The van der Waals surface area contributed by atoms with Crippen molar-refractivity contribution < 1.29 is 14.6 Å². The van der Waals surface area contributed by atoms with Crippen molar-refractivity contribution in [3.63, 3.8) is 0 Å². The molecule has 1 amide bonds. The summed E-state index contributed by atoms with van der Waals surface area (Å²) in [5, 5.41) is 10.4. The lowest BCUT2D eigenvalue weighted by Crippen LogP contribution is -2.54. The topological polar surface area (TPSA) is 53.0 Å². The summed E-state index contributed by atoms with van der Waals surface area (Å²) in [6.07, 6.45) is -0.792. The highest BCUT2D eigenvalue weighted by Gasteiger charge is 2.28. The number of β-amino-alcohol motifs (C(OH)–C–C–N with tert-alkyl or cyclic N) is 1. The largest absolute Gasteiger partial charge is 0.445 e. The number of amides is 1. The molecule has 138 valence electrons. The van der Waals surface area contributed by atoms with Gasteiger partial charge in [0.05, 0.1) is 6.10 Å². The fraction of sp³-hybridized carbons (Fsp3) is 0.381. The molecule has 0 aromatic heterocycles. The molecule has 0 spiro atoms. The van der Waals surface area contributed by atoms with Gasteiger partial charge in [-0.1, -0.05) is 60.7 Å². The Morgan fingerprint density at radius 2 is 1.77 bits per heavy atom. The van der Waals surface area contributed by atoms with Crippen molar-refractivity contribution in [2.24, 2.45) is 0 Å². The molecule has 0 bridgehead atoms. The molecule has 2 unspecified atom stereocenters. The number of hydrogen-bond acceptors (Lipinski definition) is 4. The monoisotopic (exact) mass is 354 g/mol. The summed E-state index contributed by atoms with van der Waals surface area (Å²) in [6.45, 7) is 4.88. The van der Waals surface area contributed by atoms with Crippen LogP contribution in [-0.2, 0) is 11.3 Å². The third kappa shape index (κ3) is 4.84. The first-order valence-electron chi connectivity index (χ1n) is 9.06. The van der Waals surface area contributed by atoms with Crippen LogP contribution in [0.3, 0.4) is 0 Å². The zero-order valence-electron chi connectivity index (χ0n) is 15.1. The zero-order chi connectivity index (χ0) is 18.4. The Balaban J connectivity index is 1.47. The van der Waals surface area contributed by atoms with Crippen molar-refractivity contribution in [1.82, 2.24) is 9.80 Å². The van der Waals surface area contributed by atoms with E-state index >= 15 is 0 Å². The minimum Gasteiger partial charge on any atom is -0.445 e. The van der Waals surface area contributed by atoms with Crippen molar-refractivity contribution >= 4 is 6.09 Å². The van der Waals surface area contributed by atoms with Gasteiger partial charge in [-0.3, -0.25) is 4.90 Å². The molecule has 1 saturated heterocycles. The number of aliphatic hydroxyl groups is 1. The number of ether oxygens (including phenoxy) is 1. The van der Waals surface area contributed by atoms with Gasteiger partial charge < -0.3 is 14.7 Å². The lowest BCUT2D eigenvalue weighted by molar-refractivity contribution is 0.0286. The fourth-order valence-electron chi connectivity index (χ4n) is 3.25. The molecule has 1 aliphatic heterocycles. The van der Waals surface area contributed by atoms with Crippen LogP contribution in [0.1, 0.15) is 24.2 Å². The van der Waals surface area contributed by atoms with E-state index in [0.29, 0.717) is 26.2 Å². The number of benzene rings is 2. The predicted octanol–water partition coefficient (Wildman–Crippen LogP) is 3.06. The first kappa shape index (κ1) is 18.4. The van der Waals surface area contributed by atoms with Gasteiger partial charge in [0.1, 0.15) is 6.61 Å². The van der Waals surface area contributed by atoms with Gasteiger partial charge in [0, 0.05) is 32.2 Å². The van der Waals surface area contributed by atoms with E-state index in [1.165, 1.54) is 0 Å². The Kier molecular flexibility index (Phi) is 6.26. The Morgan fingerprint density at radius 3 is 2.42 bits per heavy atom. The number of carbonyl (C=O) groups is 1. The van der Waals surface area contributed by atoms with Crippen LogP contribution < -0.4 is 0 Å². The lowest BCUT2D eigenvalue weighted by atomic mass is 10.1. The quantitative estimate of drug-likeness (QED) is 0.897. The Morgan fingerprint density at radius 1 is 1.12 bits per heavy atom. The first-order valence-corrected chi connectivity index (χ1v) is 9.06. The minimum absolute atomic E-state index is 0.173. The molecule has 2 aromatic rings. The molecule has 26 heavy (non-hydrogen) atoms. The molecule has 5 nitrogen and oxygen atoms in total. The van der Waals surface area contributed by atoms with Gasteiger partial charge in [-0.25, -0.2) is 4.79 Å². The van der Waals surface area contributed by atoms with Crippen molar-refractivity contribution in [3.05, 3.63) is 71.8 Å². The van der Waals surface area contributed by atoms with Crippen LogP contribution in [0.25, 0.3) is 0 Å². The van der Waals surface area contributed by atoms with E-state index < -0.39 is 6.10 Å². The average Bonchev–Trinajstić information content (AvgIpc) is 2.69. The predicted molar refractivity (Wildman–Crippen MR) is 101 cm³/mol. The van der Waals surface area contributed by atoms with E-state index in [4.69, 9.17) is 4.74 Å². The van der Waals surface area contributed by atoms with Crippen molar-refractivity contribution in [3.8, 4) is 0 Å². The van der Waals surface area contributed by atoms with Gasteiger partial charge in [0.25, 0.3) is 0 Å². The van der Waals surface area contributed by atoms with Crippen molar-refractivity contribution in [1.29, 1.82) is 0 Å². The number of aliphatic hydroxyl groups excluding tert-OH is 1. The Bertz CT molecular complexity index is 693. The van der Waals surface area contributed by atoms with Crippen LogP contribution in [0, 0.1) is 0 Å². The SMILES string of the molecule is CC1CN(C(=O)OCc2ccccc2)CCN1CC(O)c1ccccc1. The van der Waals surface area contributed by atoms with Gasteiger partial charge in [-0.15, -0.1) is 0 Å². The van der Waals surface area contributed by atoms with Crippen molar-refractivity contribution in [2.75, 3.05) is 26.2 Å². The highest BCUT2D eigenvalue weighted by Crippen LogP contribution is 2.18. The summed E-state index contributed by atoms with van der Waals surface area (Å²) in [5.74, 6) is 0. The third-order valence-corrected chi connectivity index (χ3v) is 4.82. The molecule has 1 aliphatic rings. The number of rotatable bonds is 5. The maximum atomic E-state index is 12.3. The molecule has 0 radical (unpaired) electrons. The normalized spacial score (nSPS) is 19.2. The minimum atomic E-state index is -0.518. The summed E-state index contributed by atoms with van der Waals surface area (Å²) >= 11 is 0. The number of nitrogens with zero attached hydrogens (tertiary/aromatic N) is 2. The van der Waals surface area contributed by atoms with Gasteiger partial charge in [0.2, 0.25) is 0 Å². The number of carbonyl (C=O) groups excluding carboxylic acids is 1. The van der Waals surface area contributed by atoms with E-state index in [1.54, 1.807) is 4.90 Å². The second kappa shape index (κ2) is 8.83. The highest BCUT2D eigenvalue weighted by atomic mass is 16.6. The fourth-order valence-corrected chi connectivity index (χ4v) is 3.25. The molecule has 1 N–H and O–H groups in total. The lowest BCUT2D eigenvalue weighted by Gasteiger charge is -2.40. The van der Waals surface area contributed by atoms with E-state index in [-0.39, 0.29) is 12.1 Å². The number of hydrogen-bond donors (Lipinski definition) is 1. The molecule has 1 fully saturated rings. The maximum Gasteiger partial charge on any atom is 0.410 e. The van der Waals surface area contributed by atoms with E-state index in [1.807, 2.05) is 60.7 Å². The van der Waals surface area contributed by atoms with Crippen LogP contribution in [0.2, 0.25) is 0 Å². The average molecular weight is 354 g/mol. The highest BCUT2D eigenvalue weighted by molar-refractivity contribution is 5.67.